The zero-order chi connectivity index (χ0) is 11.6. The SMILES string of the molecule is CSC1(CNc2ncccc2C(N)=O)CC1. The lowest BCUT2D eigenvalue weighted by atomic mass is 10.2. The van der Waals surface area contributed by atoms with Crippen molar-refractivity contribution in [3.8, 4) is 0 Å². The fraction of sp³-hybridized carbons (Fsp3) is 0.455. The zero-order valence-corrected chi connectivity index (χ0v) is 10.0. The fourth-order valence-electron chi connectivity index (χ4n) is 1.58. The minimum atomic E-state index is -0.440. The van der Waals surface area contributed by atoms with E-state index in [1.54, 1.807) is 18.3 Å². The molecule has 16 heavy (non-hydrogen) atoms. The van der Waals surface area contributed by atoms with Crippen LogP contribution in [0.4, 0.5) is 5.82 Å². The highest BCUT2D eigenvalue weighted by molar-refractivity contribution is 8.00. The van der Waals surface area contributed by atoms with Crippen molar-refractivity contribution in [2.24, 2.45) is 5.73 Å². The average molecular weight is 237 g/mol. The molecule has 1 fully saturated rings. The van der Waals surface area contributed by atoms with Crippen LogP contribution in [0.1, 0.15) is 23.2 Å². The molecule has 1 saturated carbocycles. The van der Waals surface area contributed by atoms with Crippen LogP contribution in [0.3, 0.4) is 0 Å². The van der Waals surface area contributed by atoms with Crippen molar-refractivity contribution in [1.29, 1.82) is 0 Å². The van der Waals surface area contributed by atoms with Crippen LogP contribution in [0.25, 0.3) is 0 Å². The van der Waals surface area contributed by atoms with Gasteiger partial charge in [-0.05, 0) is 31.2 Å². The molecular weight excluding hydrogens is 222 g/mol. The molecule has 1 aliphatic carbocycles. The molecule has 1 aliphatic rings. The van der Waals surface area contributed by atoms with E-state index >= 15 is 0 Å². The van der Waals surface area contributed by atoms with E-state index in [4.69, 9.17) is 5.73 Å². The van der Waals surface area contributed by atoms with Crippen molar-refractivity contribution in [2.75, 3.05) is 18.1 Å². The van der Waals surface area contributed by atoms with Crippen molar-refractivity contribution >= 4 is 23.5 Å². The Balaban J connectivity index is 2.06. The molecule has 1 aromatic rings. The Morgan fingerprint density at radius 1 is 1.69 bits per heavy atom. The van der Waals surface area contributed by atoms with Gasteiger partial charge < -0.3 is 11.1 Å². The van der Waals surface area contributed by atoms with Crippen LogP contribution in [0.15, 0.2) is 18.3 Å². The number of nitrogens with two attached hydrogens (primary N) is 1. The molecular formula is C11H15N3OS. The Bertz CT molecular complexity index is 404. The molecule has 4 nitrogen and oxygen atoms in total. The Morgan fingerprint density at radius 2 is 2.44 bits per heavy atom. The molecule has 0 bridgehead atoms. The molecule has 0 aromatic carbocycles. The Hall–Kier alpha value is -1.23. The van der Waals surface area contributed by atoms with Gasteiger partial charge in [-0.3, -0.25) is 4.79 Å². The van der Waals surface area contributed by atoms with Crippen LogP contribution in [0.2, 0.25) is 0 Å². The fourth-order valence-corrected chi connectivity index (χ4v) is 2.31. The summed E-state index contributed by atoms with van der Waals surface area (Å²) in [5.41, 5.74) is 5.74. The van der Waals surface area contributed by atoms with Gasteiger partial charge in [-0.2, -0.15) is 11.8 Å². The molecule has 1 amide bonds. The second kappa shape index (κ2) is 4.33. The lowest BCUT2D eigenvalue weighted by Crippen LogP contribution is -2.21. The zero-order valence-electron chi connectivity index (χ0n) is 9.19. The number of carbonyl (C=O) groups excluding carboxylic acids is 1. The number of nitrogens with one attached hydrogen (secondary N) is 1. The molecule has 0 saturated heterocycles. The van der Waals surface area contributed by atoms with Gasteiger partial charge in [0.25, 0.3) is 5.91 Å². The summed E-state index contributed by atoms with van der Waals surface area (Å²) in [6.45, 7) is 0.839. The highest BCUT2D eigenvalue weighted by Crippen LogP contribution is 2.47. The molecule has 3 N–H and O–H groups in total. The first-order chi connectivity index (χ1) is 7.67. The van der Waals surface area contributed by atoms with E-state index < -0.39 is 5.91 Å². The maximum absolute atomic E-state index is 11.2. The molecule has 0 unspecified atom stereocenters. The second-order valence-corrected chi connectivity index (χ2v) is 5.28. The minimum absolute atomic E-state index is 0.340. The van der Waals surface area contributed by atoms with E-state index in [0.29, 0.717) is 16.1 Å². The number of nitrogens with zero attached hydrogens (tertiary/aromatic N) is 1. The maximum atomic E-state index is 11.2. The number of hydrogen-bond donors (Lipinski definition) is 2. The summed E-state index contributed by atoms with van der Waals surface area (Å²) in [6.07, 6.45) is 6.22. The van der Waals surface area contributed by atoms with Crippen LogP contribution in [0.5, 0.6) is 0 Å². The van der Waals surface area contributed by atoms with Crippen molar-refractivity contribution in [3.63, 3.8) is 0 Å². The molecule has 0 radical (unpaired) electrons. The third-order valence-electron chi connectivity index (χ3n) is 2.89. The second-order valence-electron chi connectivity index (χ2n) is 4.00. The number of rotatable bonds is 5. The Kier molecular flexibility index (Phi) is 3.05. The van der Waals surface area contributed by atoms with Crippen molar-refractivity contribution in [1.82, 2.24) is 4.98 Å². The number of primary amides is 1. The summed E-state index contributed by atoms with van der Waals surface area (Å²) >= 11 is 1.87. The Labute approximate surface area is 99.0 Å². The predicted octanol–water partition coefficient (Wildman–Crippen LogP) is 1.49. The third kappa shape index (κ3) is 2.29. The van der Waals surface area contributed by atoms with Gasteiger partial charge in [-0.25, -0.2) is 4.98 Å². The van der Waals surface area contributed by atoms with Crippen LogP contribution in [-0.2, 0) is 0 Å². The van der Waals surface area contributed by atoms with E-state index in [2.05, 4.69) is 16.6 Å². The largest absolute Gasteiger partial charge is 0.368 e. The smallest absolute Gasteiger partial charge is 0.252 e. The summed E-state index contributed by atoms with van der Waals surface area (Å²) in [6, 6.07) is 3.41. The van der Waals surface area contributed by atoms with Gasteiger partial charge in [0.1, 0.15) is 5.82 Å². The van der Waals surface area contributed by atoms with E-state index in [0.717, 1.165) is 6.54 Å². The maximum Gasteiger partial charge on any atom is 0.252 e. The normalized spacial score (nSPS) is 16.8. The van der Waals surface area contributed by atoms with E-state index in [1.807, 2.05) is 11.8 Å². The van der Waals surface area contributed by atoms with Crippen LogP contribution in [0, 0.1) is 0 Å². The number of anilines is 1. The first-order valence-electron chi connectivity index (χ1n) is 5.21. The average Bonchev–Trinajstić information content (AvgIpc) is 3.07. The van der Waals surface area contributed by atoms with Gasteiger partial charge in [0, 0.05) is 17.5 Å². The number of pyridine rings is 1. The number of amides is 1. The van der Waals surface area contributed by atoms with Crippen LogP contribution in [-0.4, -0.2) is 28.4 Å². The number of aromatic nitrogens is 1. The van der Waals surface area contributed by atoms with E-state index in [-0.39, 0.29) is 0 Å². The lowest BCUT2D eigenvalue weighted by Gasteiger charge is -2.14. The molecule has 5 heteroatoms. The van der Waals surface area contributed by atoms with Crippen LogP contribution >= 0.6 is 11.8 Å². The van der Waals surface area contributed by atoms with Gasteiger partial charge in [0.2, 0.25) is 0 Å². The standard InChI is InChI=1S/C11H15N3OS/c1-16-11(4-5-11)7-14-10-8(9(12)15)3-2-6-13-10/h2-3,6H,4-5,7H2,1H3,(H2,12,15)(H,13,14). The molecule has 2 rings (SSSR count). The minimum Gasteiger partial charge on any atom is -0.368 e. The monoisotopic (exact) mass is 237 g/mol. The summed E-state index contributed by atoms with van der Waals surface area (Å²) in [5, 5.41) is 3.22. The highest BCUT2D eigenvalue weighted by Gasteiger charge is 2.41. The van der Waals surface area contributed by atoms with Gasteiger partial charge >= 0.3 is 0 Å². The quantitative estimate of drug-likeness (QED) is 0.814. The molecule has 0 spiro atoms. The third-order valence-corrected chi connectivity index (χ3v) is 4.31. The summed E-state index contributed by atoms with van der Waals surface area (Å²) < 4.78 is 0.340. The predicted molar refractivity (Wildman–Crippen MR) is 66.7 cm³/mol. The molecule has 1 aromatic heterocycles. The van der Waals surface area contributed by atoms with Gasteiger partial charge in [0.05, 0.1) is 5.56 Å². The summed E-state index contributed by atoms with van der Waals surface area (Å²) in [7, 11) is 0. The molecule has 1 heterocycles. The van der Waals surface area contributed by atoms with Gasteiger partial charge in [-0.1, -0.05) is 0 Å². The topological polar surface area (TPSA) is 68.0 Å². The highest BCUT2D eigenvalue weighted by atomic mass is 32.2. The van der Waals surface area contributed by atoms with Crippen molar-refractivity contribution in [3.05, 3.63) is 23.9 Å². The van der Waals surface area contributed by atoms with E-state index in [1.165, 1.54) is 12.8 Å². The van der Waals surface area contributed by atoms with Crippen molar-refractivity contribution in [2.45, 2.75) is 17.6 Å². The van der Waals surface area contributed by atoms with Crippen LogP contribution < -0.4 is 11.1 Å². The molecule has 86 valence electrons. The Morgan fingerprint density at radius 3 is 3.00 bits per heavy atom. The first kappa shape index (κ1) is 11.3. The number of carbonyl (C=O) groups is 1. The van der Waals surface area contributed by atoms with Crippen molar-refractivity contribution < 1.29 is 4.79 Å². The summed E-state index contributed by atoms with van der Waals surface area (Å²) in [4.78, 5) is 15.3. The number of thioether (sulfide) groups is 1. The lowest BCUT2D eigenvalue weighted by molar-refractivity contribution is 0.100. The van der Waals surface area contributed by atoms with Gasteiger partial charge in [-0.15, -0.1) is 0 Å². The summed E-state index contributed by atoms with van der Waals surface area (Å²) in [5.74, 6) is 0.153. The van der Waals surface area contributed by atoms with E-state index in [9.17, 15) is 4.79 Å². The first-order valence-corrected chi connectivity index (χ1v) is 6.43. The molecule has 0 aliphatic heterocycles. The number of hydrogen-bond acceptors (Lipinski definition) is 4. The van der Waals surface area contributed by atoms with Gasteiger partial charge in [0.15, 0.2) is 0 Å². The molecule has 0 atom stereocenters.